The number of ketones is 1. The number of urea groups is 1. The molecule has 0 bridgehead atoms. The number of nitrogens with one attached hydrogen (secondary N) is 3. The van der Waals surface area contributed by atoms with Crippen LogP contribution in [0.5, 0.6) is 0 Å². The van der Waals surface area contributed by atoms with Gasteiger partial charge in [-0.1, -0.05) is 60.7 Å². The molecule has 4 N–H and O–H groups in total. The number of carboxylic acid groups (broad SMARTS) is 1. The summed E-state index contributed by atoms with van der Waals surface area (Å²) in [5.41, 5.74) is 0.346. The average Bonchev–Trinajstić information content (AvgIpc) is 3.84. The first-order chi connectivity index (χ1) is 21.5. The fourth-order valence-electron chi connectivity index (χ4n) is 6.02. The van der Waals surface area contributed by atoms with Crippen molar-refractivity contribution in [1.82, 2.24) is 30.2 Å². The van der Waals surface area contributed by atoms with Gasteiger partial charge in [-0.3, -0.25) is 15.4 Å². The number of carbonyl (C=O) groups excluding carboxylic acids is 2. The van der Waals surface area contributed by atoms with Gasteiger partial charge in [0.05, 0.1) is 5.92 Å². The summed E-state index contributed by atoms with van der Waals surface area (Å²) in [6.45, 7) is 0.535. The van der Waals surface area contributed by atoms with Crippen molar-refractivity contribution < 1.29 is 33.7 Å². The number of ether oxygens (including phenoxy) is 3. The van der Waals surface area contributed by atoms with Gasteiger partial charge in [0, 0.05) is 6.54 Å². The molecule has 14 nitrogen and oxygen atoms in total. The number of benzene rings is 2. The van der Waals surface area contributed by atoms with E-state index in [1.807, 2.05) is 30.3 Å². The van der Waals surface area contributed by atoms with Gasteiger partial charge in [-0.05, 0) is 24.1 Å². The third-order valence-electron chi connectivity index (χ3n) is 8.07. The zero-order chi connectivity index (χ0) is 30.3. The van der Waals surface area contributed by atoms with Crippen LogP contribution < -0.4 is 16.0 Å². The molecule has 2 fully saturated rings. The summed E-state index contributed by atoms with van der Waals surface area (Å²) in [6, 6.07) is 17.6. The second-order valence-corrected chi connectivity index (χ2v) is 10.5. The molecule has 0 saturated carbocycles. The van der Waals surface area contributed by atoms with Crippen LogP contribution in [0, 0.1) is 5.92 Å². The van der Waals surface area contributed by atoms with Crippen molar-refractivity contribution in [2.24, 2.45) is 5.92 Å². The lowest BCUT2D eigenvalue weighted by Crippen LogP contribution is -2.54. The second kappa shape index (κ2) is 11.1. The van der Waals surface area contributed by atoms with E-state index < -0.39 is 41.4 Å². The fraction of sp³-hybridized carbons (Fsp3) is 0.267. The molecule has 44 heavy (non-hydrogen) atoms. The highest BCUT2D eigenvalue weighted by molar-refractivity contribution is 5.98. The standard InChI is InChI=1S/C30H27N7O7/c38-21(19-11-12-35-30(19,28(39)40)18-9-5-2-6-10-18)22-23-24(43-16-42-23)27(44-22)37-15-34-20-25(32-14-33-26(20)37)36-29(41)31-13-17-7-3-1-4-8-17/h1-10,14-15,19,22-23,35H,11-13,16H2,(H,39,40)(H2,31,32,33,36,41). The maximum Gasteiger partial charge on any atom is 0.329 e. The van der Waals surface area contributed by atoms with Crippen molar-refractivity contribution in [3.63, 3.8) is 0 Å². The Bertz CT molecular complexity index is 1780. The minimum atomic E-state index is -1.62. The highest BCUT2D eigenvalue weighted by Crippen LogP contribution is 2.43. The summed E-state index contributed by atoms with van der Waals surface area (Å²) < 4.78 is 19.2. The van der Waals surface area contributed by atoms with Gasteiger partial charge in [0.25, 0.3) is 0 Å². The van der Waals surface area contributed by atoms with Crippen LogP contribution in [0.1, 0.15) is 17.5 Å². The number of carbonyl (C=O) groups is 3. The van der Waals surface area contributed by atoms with Gasteiger partial charge in [-0.2, -0.15) is 0 Å². The summed E-state index contributed by atoms with van der Waals surface area (Å²) in [5.74, 6) is -1.95. The first-order valence-electron chi connectivity index (χ1n) is 14.0. The Morgan fingerprint density at radius 2 is 1.82 bits per heavy atom. The van der Waals surface area contributed by atoms with Crippen LogP contribution in [0.3, 0.4) is 0 Å². The largest absolute Gasteiger partial charge is 0.480 e. The smallest absolute Gasteiger partial charge is 0.329 e. The normalized spacial score (nSPS) is 24.0. The Morgan fingerprint density at radius 1 is 1.05 bits per heavy atom. The van der Waals surface area contributed by atoms with Gasteiger partial charge < -0.3 is 24.6 Å². The first-order valence-corrected chi connectivity index (χ1v) is 14.0. The zero-order valence-corrected chi connectivity index (χ0v) is 23.2. The van der Waals surface area contributed by atoms with Gasteiger partial charge in [0.1, 0.15) is 12.7 Å². The summed E-state index contributed by atoms with van der Waals surface area (Å²) in [4.78, 5) is 52.3. The van der Waals surface area contributed by atoms with Crippen LogP contribution in [0.15, 0.2) is 79.1 Å². The van der Waals surface area contributed by atoms with Crippen LogP contribution in [0.4, 0.5) is 10.6 Å². The predicted octanol–water partition coefficient (Wildman–Crippen LogP) is 2.20. The van der Waals surface area contributed by atoms with Crippen molar-refractivity contribution in [2.45, 2.75) is 30.7 Å². The van der Waals surface area contributed by atoms with Crippen molar-refractivity contribution in [2.75, 3.05) is 18.7 Å². The number of aliphatic carboxylic acids is 1. The van der Waals surface area contributed by atoms with E-state index in [1.54, 1.807) is 30.3 Å². The molecule has 0 radical (unpaired) electrons. The van der Waals surface area contributed by atoms with Gasteiger partial charge in [0.2, 0.25) is 5.88 Å². The molecule has 7 rings (SSSR count). The van der Waals surface area contributed by atoms with Crippen LogP contribution >= 0.6 is 0 Å². The molecule has 5 heterocycles. The summed E-state index contributed by atoms with van der Waals surface area (Å²) in [5, 5.41) is 18.9. The molecular formula is C30H27N7O7. The number of fused-ring (bicyclic) bond motifs is 2. The summed E-state index contributed by atoms with van der Waals surface area (Å²) in [7, 11) is 0. The number of amides is 2. The van der Waals surface area contributed by atoms with E-state index in [0.717, 1.165) is 5.56 Å². The molecule has 3 aliphatic rings. The lowest BCUT2D eigenvalue weighted by atomic mass is 9.75. The molecule has 4 atom stereocenters. The number of rotatable bonds is 8. The van der Waals surface area contributed by atoms with Crippen molar-refractivity contribution >= 4 is 40.6 Å². The minimum Gasteiger partial charge on any atom is -0.480 e. The van der Waals surface area contributed by atoms with Crippen molar-refractivity contribution in [3.05, 3.63) is 90.2 Å². The van der Waals surface area contributed by atoms with Crippen LogP contribution in [-0.2, 0) is 35.9 Å². The predicted molar refractivity (Wildman–Crippen MR) is 153 cm³/mol. The molecule has 2 amide bonds. The molecule has 0 spiro atoms. The topological polar surface area (TPSA) is 179 Å². The molecule has 0 aliphatic carbocycles. The molecule has 4 unspecified atom stereocenters. The number of anilines is 1. The molecular weight excluding hydrogens is 570 g/mol. The van der Waals surface area contributed by atoms with E-state index in [4.69, 9.17) is 14.2 Å². The molecule has 4 aromatic rings. The Morgan fingerprint density at radius 3 is 2.59 bits per heavy atom. The van der Waals surface area contributed by atoms with Crippen molar-refractivity contribution in [1.29, 1.82) is 0 Å². The van der Waals surface area contributed by atoms with Gasteiger partial charge in [-0.25, -0.2) is 29.1 Å². The van der Waals surface area contributed by atoms with Crippen LogP contribution in [-0.4, -0.2) is 68.0 Å². The van der Waals surface area contributed by atoms with E-state index in [9.17, 15) is 19.5 Å². The van der Waals surface area contributed by atoms with Gasteiger partial charge >= 0.3 is 12.0 Å². The molecule has 2 saturated heterocycles. The Balaban J connectivity index is 1.15. The highest BCUT2D eigenvalue weighted by Gasteiger charge is 2.58. The maximum absolute atomic E-state index is 14.1. The number of aromatic nitrogens is 4. The van der Waals surface area contributed by atoms with Crippen LogP contribution in [0.2, 0.25) is 0 Å². The molecule has 224 valence electrons. The Labute approximate surface area is 250 Å². The molecule has 2 aromatic heterocycles. The first kappa shape index (κ1) is 27.5. The third-order valence-corrected chi connectivity index (χ3v) is 8.07. The van der Waals surface area contributed by atoms with E-state index in [2.05, 4.69) is 30.9 Å². The Kier molecular flexibility index (Phi) is 6.91. The number of carboxylic acids is 1. The molecule has 3 aliphatic heterocycles. The quantitative estimate of drug-likeness (QED) is 0.234. The molecule has 2 aromatic carbocycles. The fourth-order valence-corrected chi connectivity index (χ4v) is 6.02. The number of hydrogen-bond acceptors (Lipinski definition) is 10. The molecule has 14 heteroatoms. The third kappa shape index (κ3) is 4.51. The van der Waals surface area contributed by atoms with Crippen LogP contribution in [0.25, 0.3) is 17.0 Å². The average molecular weight is 598 g/mol. The second-order valence-electron chi connectivity index (χ2n) is 10.5. The lowest BCUT2D eigenvalue weighted by molar-refractivity contribution is -0.152. The van der Waals surface area contributed by atoms with E-state index in [0.29, 0.717) is 25.1 Å². The van der Waals surface area contributed by atoms with E-state index >= 15 is 0 Å². The summed E-state index contributed by atoms with van der Waals surface area (Å²) in [6.07, 6.45) is 0.922. The summed E-state index contributed by atoms with van der Waals surface area (Å²) >= 11 is 0. The number of Topliss-reactive ketones (excluding diaryl/α,β-unsaturated/α-hetero) is 1. The zero-order valence-electron chi connectivity index (χ0n) is 23.2. The monoisotopic (exact) mass is 597 g/mol. The number of nitrogens with zero attached hydrogens (tertiary/aromatic N) is 4. The van der Waals surface area contributed by atoms with Gasteiger partial charge in [0.15, 0.2) is 53.1 Å². The van der Waals surface area contributed by atoms with Gasteiger partial charge in [-0.15, -0.1) is 0 Å². The highest BCUT2D eigenvalue weighted by atomic mass is 16.7. The van der Waals surface area contributed by atoms with E-state index in [1.165, 1.54) is 17.2 Å². The Hall–Kier alpha value is -5.34. The SMILES string of the molecule is O=C(NCc1ccccc1)Nc1ncnc2c1ncn2C1=C2OCOC2C(C(=O)C2CCNC2(C(=O)O)c2ccccc2)O1. The minimum absolute atomic E-state index is 0.113. The van der Waals surface area contributed by atoms with E-state index in [-0.39, 0.29) is 35.4 Å². The maximum atomic E-state index is 14.1. The number of imidazole rings is 1. The number of hydrogen-bond donors (Lipinski definition) is 4. The van der Waals surface area contributed by atoms with Crippen molar-refractivity contribution in [3.8, 4) is 0 Å². The lowest BCUT2D eigenvalue weighted by Gasteiger charge is -2.32.